The third-order valence-electron chi connectivity index (χ3n) is 2.60. The van der Waals surface area contributed by atoms with Gasteiger partial charge in [0.25, 0.3) is 5.24 Å². The molecule has 0 saturated carbocycles. The highest BCUT2D eigenvalue weighted by molar-refractivity contribution is 6.67. The van der Waals surface area contributed by atoms with E-state index in [-0.39, 0.29) is 11.5 Å². The Morgan fingerprint density at radius 2 is 2.16 bits per heavy atom. The highest BCUT2D eigenvalue weighted by Crippen LogP contribution is 2.17. The lowest BCUT2D eigenvalue weighted by Gasteiger charge is -2.09. The topological polar surface area (TPSA) is 72.2 Å². The number of pyridine rings is 1. The zero-order valence-electron chi connectivity index (χ0n) is 10.1. The standard InChI is InChI=1S/C13H11ClN2O3/c1-8(10-3-2-6-19-10)13(18)16-11-5-4-9(7-15-11)12(14)17/h2-8H,1H3,(H,15,16,18). The molecule has 2 aromatic heterocycles. The number of nitrogens with one attached hydrogen (secondary N) is 1. The third-order valence-corrected chi connectivity index (χ3v) is 2.82. The molecule has 0 bridgehead atoms. The Bertz CT molecular complexity index is 578. The van der Waals surface area contributed by atoms with Crippen LogP contribution in [0.1, 0.15) is 29.0 Å². The van der Waals surface area contributed by atoms with Crippen LogP contribution in [0.25, 0.3) is 0 Å². The van der Waals surface area contributed by atoms with Gasteiger partial charge in [0.1, 0.15) is 11.6 Å². The summed E-state index contributed by atoms with van der Waals surface area (Å²) >= 11 is 5.30. The predicted molar refractivity (Wildman–Crippen MR) is 70.2 cm³/mol. The summed E-state index contributed by atoms with van der Waals surface area (Å²) in [5.74, 6) is 0.258. The van der Waals surface area contributed by atoms with Crippen LogP contribution in [0.5, 0.6) is 0 Å². The largest absolute Gasteiger partial charge is 0.469 e. The van der Waals surface area contributed by atoms with Gasteiger partial charge in [-0.25, -0.2) is 4.98 Å². The molecule has 0 saturated heterocycles. The van der Waals surface area contributed by atoms with Gasteiger partial charge < -0.3 is 9.73 Å². The van der Waals surface area contributed by atoms with Crippen LogP contribution >= 0.6 is 11.6 Å². The number of hydrogen-bond acceptors (Lipinski definition) is 4. The first-order valence-electron chi connectivity index (χ1n) is 5.58. The molecule has 19 heavy (non-hydrogen) atoms. The monoisotopic (exact) mass is 278 g/mol. The summed E-state index contributed by atoms with van der Waals surface area (Å²) in [5.41, 5.74) is 0.277. The number of halogens is 1. The van der Waals surface area contributed by atoms with Crippen molar-refractivity contribution in [2.75, 3.05) is 5.32 Å². The van der Waals surface area contributed by atoms with Crippen molar-refractivity contribution in [2.45, 2.75) is 12.8 Å². The molecule has 1 atom stereocenters. The number of anilines is 1. The first kappa shape index (κ1) is 13.3. The summed E-state index contributed by atoms with van der Waals surface area (Å²) in [6.45, 7) is 1.73. The van der Waals surface area contributed by atoms with Crippen molar-refractivity contribution in [3.05, 3.63) is 48.0 Å². The molecule has 5 nitrogen and oxygen atoms in total. The van der Waals surface area contributed by atoms with E-state index < -0.39 is 11.2 Å². The summed E-state index contributed by atoms with van der Waals surface area (Å²) in [4.78, 5) is 26.7. The lowest BCUT2D eigenvalue weighted by atomic mass is 10.1. The second-order valence-electron chi connectivity index (χ2n) is 3.93. The normalized spacial score (nSPS) is 11.9. The van der Waals surface area contributed by atoms with E-state index in [2.05, 4.69) is 10.3 Å². The Labute approximate surface area is 114 Å². The maximum Gasteiger partial charge on any atom is 0.253 e. The molecule has 0 aromatic carbocycles. The summed E-state index contributed by atoms with van der Waals surface area (Å²) in [7, 11) is 0. The van der Waals surface area contributed by atoms with E-state index >= 15 is 0 Å². The summed E-state index contributed by atoms with van der Waals surface area (Å²) in [6, 6.07) is 6.46. The first-order chi connectivity index (χ1) is 9.08. The van der Waals surface area contributed by atoms with Crippen LogP contribution in [0.15, 0.2) is 41.1 Å². The van der Waals surface area contributed by atoms with Gasteiger partial charge in [0.2, 0.25) is 5.91 Å². The second-order valence-corrected chi connectivity index (χ2v) is 4.28. The molecule has 0 fully saturated rings. The minimum atomic E-state index is -0.589. The van der Waals surface area contributed by atoms with Crippen LogP contribution < -0.4 is 5.32 Å². The SMILES string of the molecule is CC(C(=O)Nc1ccc(C(=O)Cl)cn1)c1ccco1. The van der Waals surface area contributed by atoms with Crippen molar-refractivity contribution in [2.24, 2.45) is 0 Å². The summed E-state index contributed by atoms with van der Waals surface area (Å²) in [5, 5.41) is 2.04. The molecule has 0 aliphatic heterocycles. The van der Waals surface area contributed by atoms with E-state index in [1.54, 1.807) is 19.1 Å². The number of furan rings is 1. The predicted octanol–water partition coefficient (Wildman–Crippen LogP) is 2.80. The number of carbonyl (C=O) groups is 2. The fourth-order valence-corrected chi connectivity index (χ4v) is 1.60. The van der Waals surface area contributed by atoms with E-state index in [1.165, 1.54) is 24.6 Å². The van der Waals surface area contributed by atoms with Crippen LogP contribution in [-0.2, 0) is 4.79 Å². The van der Waals surface area contributed by atoms with Crippen molar-refractivity contribution in [1.82, 2.24) is 4.98 Å². The number of carbonyl (C=O) groups excluding carboxylic acids is 2. The minimum Gasteiger partial charge on any atom is -0.469 e. The molecule has 1 unspecified atom stereocenters. The van der Waals surface area contributed by atoms with E-state index in [9.17, 15) is 9.59 Å². The van der Waals surface area contributed by atoms with Crippen molar-refractivity contribution in [3.8, 4) is 0 Å². The average molecular weight is 279 g/mol. The molecule has 2 heterocycles. The van der Waals surface area contributed by atoms with Crippen LogP contribution in [0.4, 0.5) is 5.82 Å². The quantitative estimate of drug-likeness (QED) is 0.873. The molecule has 0 radical (unpaired) electrons. The van der Waals surface area contributed by atoms with Crippen LogP contribution in [0.3, 0.4) is 0 Å². The Morgan fingerprint density at radius 3 is 2.68 bits per heavy atom. The molecule has 0 aliphatic carbocycles. The smallest absolute Gasteiger partial charge is 0.253 e. The van der Waals surface area contributed by atoms with Gasteiger partial charge in [-0.3, -0.25) is 9.59 Å². The zero-order chi connectivity index (χ0) is 13.8. The lowest BCUT2D eigenvalue weighted by Crippen LogP contribution is -2.19. The van der Waals surface area contributed by atoms with Gasteiger partial charge >= 0.3 is 0 Å². The molecule has 2 rings (SSSR count). The van der Waals surface area contributed by atoms with E-state index in [0.717, 1.165) is 0 Å². The van der Waals surface area contributed by atoms with Gasteiger partial charge in [-0.05, 0) is 42.8 Å². The average Bonchev–Trinajstić information content (AvgIpc) is 2.92. The second kappa shape index (κ2) is 5.67. The molecule has 98 valence electrons. The number of amides is 1. The van der Waals surface area contributed by atoms with Crippen molar-refractivity contribution in [1.29, 1.82) is 0 Å². The maximum absolute atomic E-state index is 11.9. The molecule has 0 spiro atoms. The highest BCUT2D eigenvalue weighted by Gasteiger charge is 2.18. The van der Waals surface area contributed by atoms with Gasteiger partial charge in [-0.15, -0.1) is 0 Å². The van der Waals surface area contributed by atoms with Gasteiger partial charge in [0.05, 0.1) is 17.7 Å². The number of rotatable bonds is 4. The molecule has 2 aromatic rings. The fourth-order valence-electron chi connectivity index (χ4n) is 1.49. The lowest BCUT2D eigenvalue weighted by molar-refractivity contribution is -0.117. The van der Waals surface area contributed by atoms with Gasteiger partial charge in [-0.2, -0.15) is 0 Å². The molecule has 6 heteroatoms. The maximum atomic E-state index is 11.9. The Kier molecular flexibility index (Phi) is 3.97. The third kappa shape index (κ3) is 3.20. The number of hydrogen-bond donors (Lipinski definition) is 1. The Balaban J connectivity index is 2.04. The van der Waals surface area contributed by atoms with Crippen LogP contribution in [0.2, 0.25) is 0 Å². The van der Waals surface area contributed by atoms with Gasteiger partial charge in [-0.1, -0.05) is 0 Å². The molecule has 0 aliphatic rings. The summed E-state index contributed by atoms with van der Waals surface area (Å²) < 4.78 is 5.16. The Morgan fingerprint density at radius 1 is 1.37 bits per heavy atom. The van der Waals surface area contributed by atoms with Crippen LogP contribution in [-0.4, -0.2) is 16.1 Å². The van der Waals surface area contributed by atoms with Crippen molar-refractivity contribution < 1.29 is 14.0 Å². The van der Waals surface area contributed by atoms with E-state index in [4.69, 9.17) is 16.0 Å². The molecular weight excluding hydrogens is 268 g/mol. The van der Waals surface area contributed by atoms with Crippen molar-refractivity contribution in [3.63, 3.8) is 0 Å². The minimum absolute atomic E-state index is 0.243. The van der Waals surface area contributed by atoms with E-state index in [1.807, 2.05) is 0 Å². The highest BCUT2D eigenvalue weighted by atomic mass is 35.5. The first-order valence-corrected chi connectivity index (χ1v) is 5.96. The molecule has 1 N–H and O–H groups in total. The summed E-state index contributed by atoms with van der Waals surface area (Å²) in [6.07, 6.45) is 2.82. The number of nitrogens with zero attached hydrogens (tertiary/aromatic N) is 1. The van der Waals surface area contributed by atoms with Gasteiger partial charge in [0, 0.05) is 6.20 Å². The van der Waals surface area contributed by atoms with Crippen LogP contribution in [0, 0.1) is 0 Å². The zero-order valence-corrected chi connectivity index (χ0v) is 10.8. The van der Waals surface area contributed by atoms with E-state index in [0.29, 0.717) is 11.6 Å². The Hall–Kier alpha value is -2.14. The van der Waals surface area contributed by atoms with Gasteiger partial charge in [0.15, 0.2) is 0 Å². The fraction of sp³-hybridized carbons (Fsp3) is 0.154. The molecular formula is C13H11ClN2O3. The number of aromatic nitrogens is 1. The molecule has 1 amide bonds. The van der Waals surface area contributed by atoms with Crippen molar-refractivity contribution >= 4 is 28.6 Å².